The maximum absolute atomic E-state index is 12.1. The summed E-state index contributed by atoms with van der Waals surface area (Å²) < 4.78 is 10.3. The van der Waals surface area contributed by atoms with E-state index in [1.807, 2.05) is 0 Å². The number of hydrogen-bond donors (Lipinski definition) is 0. The van der Waals surface area contributed by atoms with Crippen LogP contribution >= 0.6 is 0 Å². The summed E-state index contributed by atoms with van der Waals surface area (Å²) in [6.45, 7) is 8.05. The molecule has 5 atom stereocenters. The highest BCUT2D eigenvalue weighted by Crippen LogP contribution is 2.71. The predicted octanol–water partition coefficient (Wildman–Crippen LogP) is 5.45. The fourth-order valence-electron chi connectivity index (χ4n) is 8.07. The molecule has 3 saturated carbocycles. The monoisotopic (exact) mass is 402 g/mol. The summed E-state index contributed by atoms with van der Waals surface area (Å²) in [5, 5.41) is 0. The number of methoxy groups -OCH3 is 1. The summed E-state index contributed by atoms with van der Waals surface area (Å²) >= 11 is 0. The highest BCUT2D eigenvalue weighted by Gasteiger charge is 2.63. The Kier molecular flexibility index (Phi) is 5.15. The summed E-state index contributed by atoms with van der Waals surface area (Å²) in [6.07, 6.45) is 15.3. The van der Waals surface area contributed by atoms with Crippen LogP contribution in [0.3, 0.4) is 0 Å². The number of esters is 2. The first-order valence-electron chi connectivity index (χ1n) is 11.6. The molecule has 0 aromatic carbocycles. The van der Waals surface area contributed by atoms with Crippen molar-refractivity contribution in [1.29, 1.82) is 0 Å². The second kappa shape index (κ2) is 7.13. The molecule has 0 N–H and O–H groups in total. The van der Waals surface area contributed by atoms with Gasteiger partial charge in [0.15, 0.2) is 0 Å². The maximum Gasteiger partial charge on any atom is 0.306 e. The van der Waals surface area contributed by atoms with Crippen molar-refractivity contribution >= 4 is 11.9 Å². The Bertz CT molecular complexity index is 710. The summed E-state index contributed by atoms with van der Waals surface area (Å²) in [7, 11) is 1.34. The molecule has 0 saturated heterocycles. The molecule has 0 heterocycles. The summed E-state index contributed by atoms with van der Waals surface area (Å²) in [5.41, 5.74) is 1.21. The van der Waals surface area contributed by atoms with Crippen LogP contribution in [0, 0.1) is 33.5 Å². The van der Waals surface area contributed by atoms with Gasteiger partial charge in [0, 0.05) is 5.41 Å². The Morgan fingerprint density at radius 2 is 1.66 bits per heavy atom. The minimum atomic E-state index is -0.360. The second-order valence-electron chi connectivity index (χ2n) is 11.4. The molecular weight excluding hydrogens is 364 g/mol. The summed E-state index contributed by atoms with van der Waals surface area (Å²) in [4.78, 5) is 23.4. The zero-order valence-corrected chi connectivity index (χ0v) is 18.7. The summed E-state index contributed by atoms with van der Waals surface area (Å²) in [6, 6.07) is 0. The van der Waals surface area contributed by atoms with Gasteiger partial charge in [-0.2, -0.15) is 0 Å². The van der Waals surface area contributed by atoms with Crippen molar-refractivity contribution < 1.29 is 19.1 Å². The van der Waals surface area contributed by atoms with Gasteiger partial charge >= 0.3 is 11.9 Å². The predicted molar refractivity (Wildman–Crippen MR) is 112 cm³/mol. The minimum absolute atomic E-state index is 0.00477. The molecule has 4 heteroatoms. The minimum Gasteiger partial charge on any atom is -0.469 e. The maximum atomic E-state index is 12.1. The van der Waals surface area contributed by atoms with Crippen molar-refractivity contribution in [3.8, 4) is 0 Å². The molecule has 1 spiro atoms. The summed E-state index contributed by atoms with van der Waals surface area (Å²) in [5.74, 6) is 0.943. The molecule has 4 rings (SSSR count). The van der Waals surface area contributed by atoms with E-state index in [1.54, 1.807) is 0 Å². The second-order valence-corrected chi connectivity index (χ2v) is 11.4. The Morgan fingerprint density at radius 1 is 0.931 bits per heavy atom. The van der Waals surface area contributed by atoms with E-state index in [1.165, 1.54) is 45.6 Å². The molecule has 4 nitrogen and oxygen atoms in total. The lowest BCUT2D eigenvalue weighted by Crippen LogP contribution is -2.56. The molecule has 162 valence electrons. The molecule has 0 radical (unpaired) electrons. The number of carbonyl (C=O) groups is 2. The van der Waals surface area contributed by atoms with Gasteiger partial charge in [-0.3, -0.25) is 9.59 Å². The van der Waals surface area contributed by atoms with Gasteiger partial charge in [-0.15, -0.1) is 0 Å². The lowest BCUT2D eigenvalue weighted by atomic mass is 9.40. The van der Waals surface area contributed by atoms with Crippen LogP contribution in [0.15, 0.2) is 12.2 Å². The van der Waals surface area contributed by atoms with Crippen LogP contribution in [0.2, 0.25) is 0 Å². The van der Waals surface area contributed by atoms with E-state index in [0.29, 0.717) is 22.9 Å². The largest absolute Gasteiger partial charge is 0.469 e. The molecule has 0 aromatic heterocycles. The van der Waals surface area contributed by atoms with Gasteiger partial charge in [0.2, 0.25) is 0 Å². The molecule has 0 aliphatic heterocycles. The molecule has 4 aliphatic carbocycles. The number of allylic oxidation sites excluding steroid dienone is 1. The van der Waals surface area contributed by atoms with Crippen LogP contribution < -0.4 is 0 Å². The fraction of sp³-hybridized carbons (Fsp3) is 0.840. The quantitative estimate of drug-likeness (QED) is 0.453. The van der Waals surface area contributed by atoms with Crippen LogP contribution in [0.5, 0.6) is 0 Å². The lowest BCUT2D eigenvalue weighted by Gasteiger charge is -2.64. The average molecular weight is 403 g/mol. The molecule has 0 aromatic rings. The third kappa shape index (κ3) is 3.45. The van der Waals surface area contributed by atoms with E-state index in [4.69, 9.17) is 4.74 Å². The van der Waals surface area contributed by atoms with Crippen LogP contribution in [0.25, 0.3) is 0 Å². The highest BCUT2D eigenvalue weighted by atomic mass is 16.5. The molecule has 29 heavy (non-hydrogen) atoms. The van der Waals surface area contributed by atoms with Crippen LogP contribution in [0.1, 0.15) is 85.0 Å². The zero-order valence-electron chi connectivity index (χ0n) is 18.7. The van der Waals surface area contributed by atoms with E-state index < -0.39 is 0 Å². The van der Waals surface area contributed by atoms with Gasteiger partial charge in [-0.25, -0.2) is 0 Å². The van der Waals surface area contributed by atoms with E-state index >= 15 is 0 Å². The van der Waals surface area contributed by atoms with E-state index in [-0.39, 0.29) is 30.2 Å². The first kappa shape index (κ1) is 20.9. The Labute approximate surface area is 175 Å². The Hall–Kier alpha value is -1.32. The van der Waals surface area contributed by atoms with Crippen LogP contribution in [0.4, 0.5) is 0 Å². The average Bonchev–Trinajstić information content (AvgIpc) is 2.94. The van der Waals surface area contributed by atoms with Crippen molar-refractivity contribution in [3.63, 3.8) is 0 Å². The van der Waals surface area contributed by atoms with Crippen LogP contribution in [-0.4, -0.2) is 25.7 Å². The van der Waals surface area contributed by atoms with Gasteiger partial charge in [-0.05, 0) is 73.0 Å². The van der Waals surface area contributed by atoms with E-state index in [2.05, 4.69) is 37.7 Å². The van der Waals surface area contributed by atoms with Gasteiger partial charge in [-0.1, -0.05) is 39.3 Å². The standard InChI is InChI=1S/C25H38O4/c1-22(2)10-5-11-23(3)18(22)9-13-25-15-14-24(16-25,12-8-19(23)25)17-29-21(27)7-6-20(26)28-4/h14-15,18-19H,5-13,16-17H2,1-4H3. The van der Waals surface area contributed by atoms with Gasteiger partial charge in [0.05, 0.1) is 20.0 Å². The van der Waals surface area contributed by atoms with E-state index in [0.717, 1.165) is 24.7 Å². The third-order valence-electron chi connectivity index (χ3n) is 9.33. The topological polar surface area (TPSA) is 52.6 Å². The Balaban J connectivity index is 1.43. The van der Waals surface area contributed by atoms with Crippen LogP contribution in [-0.2, 0) is 19.1 Å². The van der Waals surface area contributed by atoms with E-state index in [9.17, 15) is 9.59 Å². The number of rotatable bonds is 5. The van der Waals surface area contributed by atoms with Gasteiger partial charge < -0.3 is 9.47 Å². The van der Waals surface area contributed by atoms with Gasteiger partial charge in [0.1, 0.15) is 6.61 Å². The first-order chi connectivity index (χ1) is 13.6. The van der Waals surface area contributed by atoms with Crippen molar-refractivity contribution in [2.75, 3.05) is 13.7 Å². The molecule has 5 unspecified atom stereocenters. The van der Waals surface area contributed by atoms with Gasteiger partial charge in [0.25, 0.3) is 0 Å². The Morgan fingerprint density at radius 3 is 2.41 bits per heavy atom. The number of carbonyl (C=O) groups excluding carboxylic acids is 2. The lowest BCUT2D eigenvalue weighted by molar-refractivity contribution is -0.158. The number of hydrogen-bond acceptors (Lipinski definition) is 4. The molecular formula is C25H38O4. The highest BCUT2D eigenvalue weighted by molar-refractivity contribution is 5.77. The van der Waals surface area contributed by atoms with Crippen molar-refractivity contribution in [2.45, 2.75) is 85.0 Å². The fourth-order valence-corrected chi connectivity index (χ4v) is 8.07. The molecule has 2 bridgehead atoms. The van der Waals surface area contributed by atoms with Crippen molar-refractivity contribution in [1.82, 2.24) is 0 Å². The molecule has 4 aliphatic rings. The normalized spacial score (nSPS) is 41.9. The zero-order chi connectivity index (χ0) is 20.9. The van der Waals surface area contributed by atoms with Crippen molar-refractivity contribution in [3.05, 3.63) is 12.2 Å². The third-order valence-corrected chi connectivity index (χ3v) is 9.33. The first-order valence-corrected chi connectivity index (χ1v) is 11.6. The van der Waals surface area contributed by atoms with Crippen molar-refractivity contribution in [2.24, 2.45) is 33.5 Å². The molecule has 0 amide bonds. The molecule has 3 fully saturated rings. The smallest absolute Gasteiger partial charge is 0.306 e. The SMILES string of the molecule is COC(=O)CCC(=O)OCC12C=CC3(CCC4C(C)(C)CCCC4(C)C3CC1)C2. The number of fused-ring (bicyclic) bond motifs is 3. The number of ether oxygens (including phenoxy) is 2.